The second-order valence-corrected chi connectivity index (χ2v) is 7.88. The van der Waals surface area contributed by atoms with Crippen LogP contribution in [-0.2, 0) is 22.6 Å². The molecule has 0 fully saturated rings. The molecule has 0 N–H and O–H groups in total. The number of hydrogen-bond acceptors (Lipinski definition) is 5. The molecule has 0 aliphatic carbocycles. The number of carbonyl (C=O) groups is 2. The van der Waals surface area contributed by atoms with Crippen LogP contribution in [0, 0.1) is 15.9 Å². The van der Waals surface area contributed by atoms with Gasteiger partial charge in [0.05, 0.1) is 17.0 Å². The van der Waals surface area contributed by atoms with Crippen LogP contribution >= 0.6 is 0 Å². The Balaban J connectivity index is 1.59. The summed E-state index contributed by atoms with van der Waals surface area (Å²) >= 11 is 0. The molecule has 2 aliphatic rings. The highest BCUT2D eigenvalue weighted by atomic mass is 19.1. The molecule has 0 unspecified atom stereocenters. The number of nitro groups is 1. The first-order chi connectivity index (χ1) is 15.9. The van der Waals surface area contributed by atoms with Gasteiger partial charge in [-0.25, -0.2) is 4.39 Å². The maximum Gasteiger partial charge on any atom is 0.278 e. The Morgan fingerprint density at radius 1 is 0.909 bits per heavy atom. The molecule has 2 aliphatic heterocycles. The van der Waals surface area contributed by atoms with E-state index >= 15 is 0 Å². The third-order valence-corrected chi connectivity index (χ3v) is 5.92. The highest BCUT2D eigenvalue weighted by Gasteiger charge is 2.43. The molecular weight excluding hydrogens is 425 g/mol. The molecule has 0 spiro atoms. The monoisotopic (exact) mass is 443 g/mol. The van der Waals surface area contributed by atoms with Gasteiger partial charge in [0.1, 0.15) is 11.5 Å². The third-order valence-electron chi connectivity index (χ3n) is 5.92. The SMILES string of the molecule is O=C1C(c2ccc([N+](=O)[O-])cc2)=C(N2CCc3ccccc32)C(=O)N1Cc1ccc(F)cc1. The van der Waals surface area contributed by atoms with E-state index in [2.05, 4.69) is 0 Å². The Hall–Kier alpha value is -4.33. The normalized spacial score (nSPS) is 15.4. The lowest BCUT2D eigenvalue weighted by Gasteiger charge is -2.22. The minimum absolute atomic E-state index is 0.00653. The van der Waals surface area contributed by atoms with E-state index in [1.807, 2.05) is 29.2 Å². The lowest BCUT2D eigenvalue weighted by molar-refractivity contribution is -0.384. The smallest absolute Gasteiger partial charge is 0.278 e. The maximum atomic E-state index is 13.6. The number of para-hydroxylation sites is 1. The van der Waals surface area contributed by atoms with Gasteiger partial charge in [0.2, 0.25) is 0 Å². The summed E-state index contributed by atoms with van der Waals surface area (Å²) in [5, 5.41) is 11.1. The minimum atomic E-state index is -0.516. The largest absolute Gasteiger partial charge is 0.336 e. The van der Waals surface area contributed by atoms with E-state index in [1.54, 1.807) is 0 Å². The van der Waals surface area contributed by atoms with Crippen molar-refractivity contribution in [3.8, 4) is 0 Å². The van der Waals surface area contributed by atoms with Crippen LogP contribution in [0.3, 0.4) is 0 Å². The number of fused-ring (bicyclic) bond motifs is 1. The molecular formula is C25H18FN3O4. The molecule has 3 aromatic carbocycles. The Morgan fingerprint density at radius 2 is 1.61 bits per heavy atom. The van der Waals surface area contributed by atoms with Crippen molar-refractivity contribution in [1.82, 2.24) is 4.90 Å². The number of nitro benzene ring substituents is 1. The van der Waals surface area contributed by atoms with Crippen LogP contribution in [0.5, 0.6) is 0 Å². The fraction of sp³-hybridized carbons (Fsp3) is 0.120. The predicted molar refractivity (Wildman–Crippen MR) is 119 cm³/mol. The number of rotatable bonds is 5. The van der Waals surface area contributed by atoms with E-state index in [0.29, 0.717) is 17.7 Å². The summed E-state index contributed by atoms with van der Waals surface area (Å²) < 4.78 is 13.3. The number of benzene rings is 3. The van der Waals surface area contributed by atoms with Crippen LogP contribution in [0.1, 0.15) is 16.7 Å². The van der Waals surface area contributed by atoms with E-state index < -0.39 is 22.6 Å². The first-order valence-electron chi connectivity index (χ1n) is 10.4. The van der Waals surface area contributed by atoms with Gasteiger partial charge >= 0.3 is 0 Å². The Bertz CT molecular complexity index is 1320. The molecule has 0 saturated heterocycles. The number of anilines is 1. The molecule has 0 radical (unpaired) electrons. The highest BCUT2D eigenvalue weighted by molar-refractivity contribution is 6.36. The molecule has 0 aromatic heterocycles. The predicted octanol–water partition coefficient (Wildman–Crippen LogP) is 4.08. The number of carbonyl (C=O) groups excluding carboxylic acids is 2. The van der Waals surface area contributed by atoms with Gasteiger partial charge in [-0.15, -0.1) is 0 Å². The van der Waals surface area contributed by atoms with Gasteiger partial charge in [-0.1, -0.05) is 30.3 Å². The zero-order chi connectivity index (χ0) is 23.1. The average molecular weight is 443 g/mol. The number of hydrogen-bond donors (Lipinski definition) is 0. The topological polar surface area (TPSA) is 83.8 Å². The van der Waals surface area contributed by atoms with E-state index in [0.717, 1.165) is 22.6 Å². The first kappa shape index (κ1) is 20.6. The average Bonchev–Trinajstić information content (AvgIpc) is 3.34. The van der Waals surface area contributed by atoms with Gasteiger partial charge in [0.15, 0.2) is 0 Å². The summed E-state index contributed by atoms with van der Waals surface area (Å²) in [4.78, 5) is 40.6. The summed E-state index contributed by atoms with van der Waals surface area (Å²) in [7, 11) is 0. The van der Waals surface area contributed by atoms with Gasteiger partial charge in [0, 0.05) is 24.4 Å². The number of imide groups is 1. The standard InChI is InChI=1S/C25H18FN3O4/c26-19-9-5-16(6-10-19)15-28-24(30)22(18-7-11-20(12-8-18)29(32)33)23(25(28)31)27-14-13-17-3-1-2-4-21(17)27/h1-12H,13-15H2. The molecule has 2 heterocycles. The molecule has 2 amide bonds. The van der Waals surface area contributed by atoms with Crippen LogP contribution in [0.25, 0.3) is 5.57 Å². The molecule has 5 rings (SSSR count). The lowest BCUT2D eigenvalue weighted by Crippen LogP contribution is -2.34. The Morgan fingerprint density at radius 3 is 2.30 bits per heavy atom. The van der Waals surface area contributed by atoms with Crippen molar-refractivity contribution in [2.24, 2.45) is 0 Å². The zero-order valence-electron chi connectivity index (χ0n) is 17.4. The van der Waals surface area contributed by atoms with Crippen LogP contribution in [0.15, 0.2) is 78.5 Å². The van der Waals surface area contributed by atoms with Crippen molar-refractivity contribution in [2.45, 2.75) is 13.0 Å². The molecule has 0 saturated carbocycles. The highest BCUT2D eigenvalue weighted by Crippen LogP contribution is 2.39. The van der Waals surface area contributed by atoms with Crippen molar-refractivity contribution in [3.05, 3.63) is 111 Å². The van der Waals surface area contributed by atoms with Gasteiger partial charge in [-0.05, 0) is 53.4 Å². The molecule has 164 valence electrons. The zero-order valence-corrected chi connectivity index (χ0v) is 17.4. The van der Waals surface area contributed by atoms with Gasteiger partial charge < -0.3 is 4.90 Å². The Kier molecular flexibility index (Phi) is 4.97. The van der Waals surface area contributed by atoms with Crippen LogP contribution in [0.4, 0.5) is 15.8 Å². The van der Waals surface area contributed by atoms with Crippen molar-refractivity contribution in [1.29, 1.82) is 0 Å². The second-order valence-electron chi connectivity index (χ2n) is 7.88. The summed E-state index contributed by atoms with van der Waals surface area (Å²) in [6, 6.07) is 18.9. The minimum Gasteiger partial charge on any atom is -0.336 e. The van der Waals surface area contributed by atoms with Gasteiger partial charge in [0.25, 0.3) is 17.5 Å². The summed E-state index contributed by atoms with van der Waals surface area (Å²) in [5.74, 6) is -1.34. The quantitative estimate of drug-likeness (QED) is 0.337. The van der Waals surface area contributed by atoms with Gasteiger partial charge in [-0.2, -0.15) is 0 Å². The molecule has 8 heteroatoms. The van der Waals surface area contributed by atoms with Crippen molar-refractivity contribution in [2.75, 3.05) is 11.4 Å². The Labute approximate surface area is 188 Å². The third kappa shape index (κ3) is 3.55. The number of halogens is 1. The summed E-state index contributed by atoms with van der Waals surface area (Å²) in [6.45, 7) is 0.530. The first-order valence-corrected chi connectivity index (χ1v) is 10.4. The van der Waals surface area contributed by atoms with E-state index in [4.69, 9.17) is 0 Å². The number of amides is 2. The fourth-order valence-corrected chi connectivity index (χ4v) is 4.31. The van der Waals surface area contributed by atoms with Crippen LogP contribution < -0.4 is 4.90 Å². The maximum absolute atomic E-state index is 13.6. The fourth-order valence-electron chi connectivity index (χ4n) is 4.31. The second kappa shape index (κ2) is 7.98. The molecule has 0 bridgehead atoms. The van der Waals surface area contributed by atoms with Crippen molar-refractivity contribution < 1.29 is 18.9 Å². The van der Waals surface area contributed by atoms with E-state index in [9.17, 15) is 24.1 Å². The van der Waals surface area contributed by atoms with Crippen LogP contribution in [-0.4, -0.2) is 28.2 Å². The van der Waals surface area contributed by atoms with Crippen molar-refractivity contribution >= 4 is 28.8 Å². The lowest BCUT2D eigenvalue weighted by atomic mass is 10.0. The van der Waals surface area contributed by atoms with Gasteiger partial charge in [-0.3, -0.25) is 24.6 Å². The van der Waals surface area contributed by atoms with Crippen LogP contribution in [0.2, 0.25) is 0 Å². The van der Waals surface area contributed by atoms with Crippen molar-refractivity contribution in [3.63, 3.8) is 0 Å². The molecule has 7 nitrogen and oxygen atoms in total. The van der Waals surface area contributed by atoms with E-state index in [-0.39, 0.29) is 23.5 Å². The number of nitrogens with zero attached hydrogens (tertiary/aromatic N) is 3. The summed E-state index contributed by atoms with van der Waals surface area (Å²) in [5.41, 5.74) is 3.33. The molecule has 33 heavy (non-hydrogen) atoms. The molecule has 3 aromatic rings. The molecule has 0 atom stereocenters. The summed E-state index contributed by atoms with van der Waals surface area (Å²) in [6.07, 6.45) is 0.729. The van der Waals surface area contributed by atoms with E-state index in [1.165, 1.54) is 48.5 Å². The number of non-ortho nitro benzene ring substituents is 1.